The van der Waals surface area contributed by atoms with Gasteiger partial charge in [0.2, 0.25) is 5.91 Å². The van der Waals surface area contributed by atoms with Gasteiger partial charge in [-0.1, -0.05) is 62.7 Å². The number of hydrogen-bond acceptors (Lipinski definition) is 2. The lowest BCUT2D eigenvalue weighted by Gasteiger charge is -2.17. The lowest BCUT2D eigenvalue weighted by atomic mass is 9.92. The maximum Gasteiger partial charge on any atom is 0.226 e. The second-order valence-corrected chi connectivity index (χ2v) is 7.85. The summed E-state index contributed by atoms with van der Waals surface area (Å²) < 4.78 is 2.10. The predicted octanol–water partition coefficient (Wildman–Crippen LogP) is 5.11. The Labute approximate surface area is 152 Å². The maximum atomic E-state index is 12.1. The highest BCUT2D eigenvalue weighted by Crippen LogP contribution is 2.27. The summed E-state index contributed by atoms with van der Waals surface area (Å²) in [7, 11) is 0. The fraction of sp³-hybridized carbons (Fsp3) is 0.300. The Morgan fingerprint density at radius 1 is 1.20 bits per heavy atom. The highest BCUT2D eigenvalue weighted by molar-refractivity contribution is 6.34. The van der Waals surface area contributed by atoms with Crippen LogP contribution in [0.4, 0.5) is 5.82 Å². The molecule has 0 bridgehead atoms. The van der Waals surface area contributed by atoms with Crippen LogP contribution < -0.4 is 5.32 Å². The molecule has 0 aliphatic heterocycles. The minimum absolute atomic E-state index is 0.0787. The van der Waals surface area contributed by atoms with Crippen LogP contribution in [0.1, 0.15) is 32.8 Å². The van der Waals surface area contributed by atoms with E-state index in [2.05, 4.69) is 27.0 Å². The van der Waals surface area contributed by atoms with Gasteiger partial charge in [-0.25, -0.2) is 4.98 Å². The molecule has 0 saturated heterocycles. The van der Waals surface area contributed by atoms with Crippen molar-refractivity contribution < 1.29 is 4.79 Å². The Bertz CT molecular complexity index is 894. The molecule has 25 heavy (non-hydrogen) atoms. The summed E-state index contributed by atoms with van der Waals surface area (Å²) in [5.74, 6) is 0.339. The zero-order valence-corrected chi connectivity index (χ0v) is 15.5. The van der Waals surface area contributed by atoms with E-state index in [1.165, 1.54) is 5.56 Å². The molecule has 2 heterocycles. The van der Waals surface area contributed by atoms with E-state index in [1.54, 1.807) is 0 Å². The van der Waals surface area contributed by atoms with Crippen LogP contribution in [-0.4, -0.2) is 15.5 Å². The third kappa shape index (κ3) is 4.40. The number of carbonyl (C=O) groups is 1. The average molecular weight is 356 g/mol. The molecule has 1 amide bonds. The molecule has 0 radical (unpaired) electrons. The van der Waals surface area contributed by atoms with Crippen molar-refractivity contribution in [1.82, 2.24) is 9.55 Å². The van der Waals surface area contributed by atoms with Gasteiger partial charge in [-0.2, -0.15) is 0 Å². The molecule has 2 aromatic heterocycles. The molecule has 0 aliphatic rings. The van der Waals surface area contributed by atoms with Gasteiger partial charge in [0.05, 0.1) is 16.1 Å². The molecule has 0 fully saturated rings. The van der Waals surface area contributed by atoms with Crippen LogP contribution in [0.15, 0.2) is 48.7 Å². The molecule has 4 nitrogen and oxygen atoms in total. The number of pyridine rings is 1. The normalized spacial score (nSPS) is 11.7. The van der Waals surface area contributed by atoms with E-state index in [1.807, 2.05) is 57.3 Å². The van der Waals surface area contributed by atoms with Gasteiger partial charge in [0.15, 0.2) is 5.82 Å². The number of aromatic nitrogens is 2. The number of fused-ring (bicyclic) bond motifs is 1. The Balaban J connectivity index is 1.85. The Morgan fingerprint density at radius 2 is 1.92 bits per heavy atom. The lowest BCUT2D eigenvalue weighted by Crippen LogP contribution is -2.20. The summed E-state index contributed by atoms with van der Waals surface area (Å²) in [5, 5.41) is 3.27. The topological polar surface area (TPSA) is 46.9 Å². The molecule has 0 aliphatic carbocycles. The van der Waals surface area contributed by atoms with Gasteiger partial charge in [0.25, 0.3) is 0 Å². The molecule has 3 aromatic rings. The summed E-state index contributed by atoms with van der Waals surface area (Å²) in [5.41, 5.74) is 2.88. The number of carbonyl (C=O) groups excluding carboxylic acids is 1. The number of rotatable bonds is 4. The standard InChI is InChI=1S/C20H22ClN3O/c1-20(2,3)12-18(25)23-19-15(21)11-17-16(22-19)9-10-24(17)13-14-7-5-4-6-8-14/h4-11H,12-13H2,1-3H3,(H,22,23,25). The van der Waals surface area contributed by atoms with E-state index >= 15 is 0 Å². The molecular weight excluding hydrogens is 334 g/mol. The third-order valence-electron chi connectivity index (χ3n) is 3.85. The van der Waals surface area contributed by atoms with Gasteiger partial charge in [0, 0.05) is 19.2 Å². The van der Waals surface area contributed by atoms with Crippen LogP contribution in [0.3, 0.4) is 0 Å². The summed E-state index contributed by atoms with van der Waals surface area (Å²) in [6.07, 6.45) is 2.40. The van der Waals surface area contributed by atoms with E-state index in [-0.39, 0.29) is 11.3 Å². The van der Waals surface area contributed by atoms with E-state index < -0.39 is 0 Å². The first kappa shape index (κ1) is 17.5. The maximum absolute atomic E-state index is 12.1. The Kier molecular flexibility index (Phi) is 4.82. The first-order valence-electron chi connectivity index (χ1n) is 8.31. The molecule has 0 atom stereocenters. The van der Waals surface area contributed by atoms with Crippen molar-refractivity contribution in [2.24, 2.45) is 5.41 Å². The minimum atomic E-state index is -0.0837. The van der Waals surface area contributed by atoms with Gasteiger partial charge in [-0.05, 0) is 23.1 Å². The number of hydrogen-bond donors (Lipinski definition) is 1. The fourth-order valence-electron chi connectivity index (χ4n) is 2.75. The number of benzene rings is 1. The number of nitrogens with zero attached hydrogens (tertiary/aromatic N) is 2. The quantitative estimate of drug-likeness (QED) is 0.706. The van der Waals surface area contributed by atoms with E-state index in [4.69, 9.17) is 11.6 Å². The van der Waals surface area contributed by atoms with Crippen molar-refractivity contribution in [3.05, 3.63) is 59.2 Å². The van der Waals surface area contributed by atoms with Gasteiger partial charge in [-0.15, -0.1) is 0 Å². The van der Waals surface area contributed by atoms with Crippen molar-refractivity contribution in [2.75, 3.05) is 5.32 Å². The summed E-state index contributed by atoms with van der Waals surface area (Å²) in [4.78, 5) is 16.7. The van der Waals surface area contributed by atoms with Crippen LogP contribution in [0.5, 0.6) is 0 Å². The summed E-state index contributed by atoms with van der Waals surface area (Å²) in [6, 6.07) is 14.0. The van der Waals surface area contributed by atoms with Crippen LogP contribution in [0.25, 0.3) is 11.0 Å². The van der Waals surface area contributed by atoms with Gasteiger partial charge >= 0.3 is 0 Å². The second-order valence-electron chi connectivity index (χ2n) is 7.44. The van der Waals surface area contributed by atoms with Crippen molar-refractivity contribution >= 4 is 34.4 Å². The van der Waals surface area contributed by atoms with Crippen LogP contribution in [0, 0.1) is 5.41 Å². The average Bonchev–Trinajstić information content (AvgIpc) is 2.89. The SMILES string of the molecule is CC(C)(C)CC(=O)Nc1nc2ccn(Cc3ccccc3)c2cc1Cl. The van der Waals surface area contributed by atoms with Gasteiger partial charge < -0.3 is 9.88 Å². The monoisotopic (exact) mass is 355 g/mol. The van der Waals surface area contributed by atoms with E-state index in [0.29, 0.717) is 17.3 Å². The Morgan fingerprint density at radius 3 is 2.60 bits per heavy atom. The van der Waals surface area contributed by atoms with Crippen LogP contribution >= 0.6 is 11.6 Å². The van der Waals surface area contributed by atoms with Crippen LogP contribution in [0.2, 0.25) is 5.02 Å². The van der Waals surface area contributed by atoms with Crippen molar-refractivity contribution in [2.45, 2.75) is 33.7 Å². The zero-order valence-electron chi connectivity index (χ0n) is 14.7. The molecule has 1 N–H and O–H groups in total. The predicted molar refractivity (Wildman–Crippen MR) is 103 cm³/mol. The molecule has 0 unspecified atom stereocenters. The number of nitrogens with one attached hydrogen (secondary N) is 1. The zero-order chi connectivity index (χ0) is 18.0. The second kappa shape index (κ2) is 6.89. The smallest absolute Gasteiger partial charge is 0.226 e. The molecule has 5 heteroatoms. The van der Waals surface area contributed by atoms with E-state index in [0.717, 1.165) is 17.6 Å². The Hall–Kier alpha value is -2.33. The van der Waals surface area contributed by atoms with Crippen molar-refractivity contribution in [3.63, 3.8) is 0 Å². The summed E-state index contributed by atoms with van der Waals surface area (Å²) >= 11 is 6.36. The molecular formula is C20H22ClN3O. The number of halogens is 1. The van der Waals surface area contributed by atoms with E-state index in [9.17, 15) is 4.79 Å². The lowest BCUT2D eigenvalue weighted by molar-refractivity contribution is -0.117. The summed E-state index contributed by atoms with van der Waals surface area (Å²) in [6.45, 7) is 6.82. The minimum Gasteiger partial charge on any atom is -0.342 e. The molecule has 130 valence electrons. The third-order valence-corrected chi connectivity index (χ3v) is 4.14. The van der Waals surface area contributed by atoms with Crippen LogP contribution in [-0.2, 0) is 11.3 Å². The van der Waals surface area contributed by atoms with Crippen molar-refractivity contribution in [3.8, 4) is 0 Å². The highest BCUT2D eigenvalue weighted by atomic mass is 35.5. The molecule has 3 rings (SSSR count). The first-order valence-corrected chi connectivity index (χ1v) is 8.69. The van der Waals surface area contributed by atoms with Gasteiger partial charge in [-0.3, -0.25) is 4.79 Å². The first-order chi connectivity index (χ1) is 11.8. The van der Waals surface area contributed by atoms with Gasteiger partial charge in [0.1, 0.15) is 0 Å². The molecule has 0 spiro atoms. The molecule has 0 saturated carbocycles. The number of amides is 1. The largest absolute Gasteiger partial charge is 0.342 e. The van der Waals surface area contributed by atoms with Crippen molar-refractivity contribution in [1.29, 1.82) is 0 Å². The molecule has 1 aromatic carbocycles. The highest BCUT2D eigenvalue weighted by Gasteiger charge is 2.18. The fourth-order valence-corrected chi connectivity index (χ4v) is 2.94. The number of anilines is 1.